The lowest BCUT2D eigenvalue weighted by molar-refractivity contribution is 0.548. The first-order valence-electron chi connectivity index (χ1n) is 5.75. The maximum atomic E-state index is 13.7. The lowest BCUT2D eigenvalue weighted by atomic mass is 10.3. The van der Waals surface area contributed by atoms with Crippen molar-refractivity contribution in [3.8, 4) is 0 Å². The number of hydrogen-bond acceptors (Lipinski definition) is 5. The van der Waals surface area contributed by atoms with Gasteiger partial charge in [0, 0.05) is 35.1 Å². The van der Waals surface area contributed by atoms with E-state index in [-0.39, 0.29) is 10.6 Å². The molecule has 0 spiro atoms. The van der Waals surface area contributed by atoms with Gasteiger partial charge in [0.15, 0.2) is 9.84 Å². The van der Waals surface area contributed by atoms with E-state index in [0.717, 1.165) is 24.5 Å². The number of hydrogen-bond donors (Lipinski definition) is 1. The van der Waals surface area contributed by atoms with Crippen LogP contribution in [0.15, 0.2) is 28.0 Å². The van der Waals surface area contributed by atoms with Gasteiger partial charge in [-0.15, -0.1) is 0 Å². The quantitative estimate of drug-likeness (QED) is 0.737. The normalized spacial score (nSPS) is 15.6. The number of nitrogens with one attached hydrogen (secondary N) is 1. The molecule has 0 aliphatic carbocycles. The molecule has 0 saturated heterocycles. The Morgan fingerprint density at radius 3 is 2.33 bits per heavy atom. The van der Waals surface area contributed by atoms with Crippen LogP contribution in [0.4, 0.5) is 4.39 Å². The highest BCUT2D eigenvalue weighted by Gasteiger charge is 2.24. The predicted octanol–water partition coefficient (Wildman–Crippen LogP) is 0.275. The van der Waals surface area contributed by atoms with E-state index < -0.39 is 47.4 Å². The van der Waals surface area contributed by atoms with Gasteiger partial charge < -0.3 is 0 Å². The van der Waals surface area contributed by atoms with Crippen molar-refractivity contribution in [1.29, 1.82) is 0 Å². The van der Waals surface area contributed by atoms with Crippen molar-refractivity contribution in [3.63, 3.8) is 0 Å². The van der Waals surface area contributed by atoms with Gasteiger partial charge in [-0.3, -0.25) is 4.21 Å². The number of benzene rings is 1. The van der Waals surface area contributed by atoms with Gasteiger partial charge in [0.05, 0.1) is 4.90 Å². The molecular weight excluding hydrogens is 341 g/mol. The monoisotopic (exact) mass is 357 g/mol. The van der Waals surface area contributed by atoms with E-state index >= 15 is 0 Å². The van der Waals surface area contributed by atoms with Crippen LogP contribution in [-0.2, 0) is 30.7 Å². The molecule has 0 heterocycles. The van der Waals surface area contributed by atoms with E-state index in [1.54, 1.807) is 0 Å². The standard InChI is InChI=1S/C11H16FNO5S3/c1-8(7-19(2)14)13-21(17,18)11-6-9(20(3,15)16)4-5-10(11)12/h4-6,8,13H,7H2,1-3H3. The average molecular weight is 357 g/mol. The summed E-state index contributed by atoms with van der Waals surface area (Å²) in [6, 6.07) is 1.87. The summed E-state index contributed by atoms with van der Waals surface area (Å²) in [7, 11) is -9.13. The van der Waals surface area contributed by atoms with E-state index in [9.17, 15) is 25.4 Å². The molecule has 0 aliphatic heterocycles. The molecule has 2 unspecified atom stereocenters. The second kappa shape index (κ2) is 6.51. The summed E-state index contributed by atoms with van der Waals surface area (Å²) < 4.78 is 73.9. The predicted molar refractivity (Wildman–Crippen MR) is 78.2 cm³/mol. The molecule has 0 bridgehead atoms. The van der Waals surface area contributed by atoms with Gasteiger partial charge in [0.2, 0.25) is 10.0 Å². The largest absolute Gasteiger partial charge is 0.260 e. The summed E-state index contributed by atoms with van der Waals surface area (Å²) in [5.74, 6) is -0.994. The van der Waals surface area contributed by atoms with Crippen LogP contribution in [0.3, 0.4) is 0 Å². The number of halogens is 1. The van der Waals surface area contributed by atoms with Crippen LogP contribution < -0.4 is 4.72 Å². The first-order valence-corrected chi connectivity index (χ1v) is 10.9. The van der Waals surface area contributed by atoms with E-state index in [0.29, 0.717) is 0 Å². The third kappa shape index (κ3) is 5.13. The number of sulfonamides is 1. The molecule has 2 atom stereocenters. The van der Waals surface area contributed by atoms with Gasteiger partial charge in [-0.2, -0.15) is 0 Å². The molecular formula is C11H16FNO5S3. The maximum absolute atomic E-state index is 13.7. The lowest BCUT2D eigenvalue weighted by Crippen LogP contribution is -2.36. The molecule has 0 aromatic heterocycles. The van der Waals surface area contributed by atoms with Crippen molar-refractivity contribution < 1.29 is 25.4 Å². The molecule has 1 aromatic carbocycles. The highest BCUT2D eigenvalue weighted by atomic mass is 32.2. The summed E-state index contributed by atoms with van der Waals surface area (Å²) in [6.45, 7) is 1.48. The second-order valence-electron chi connectivity index (χ2n) is 4.63. The number of rotatable bonds is 6. The maximum Gasteiger partial charge on any atom is 0.243 e. The van der Waals surface area contributed by atoms with Crippen molar-refractivity contribution in [2.45, 2.75) is 22.8 Å². The fourth-order valence-corrected chi connectivity index (χ4v) is 4.60. The summed E-state index contributed by atoms with van der Waals surface area (Å²) in [5.41, 5.74) is 0. The number of sulfone groups is 1. The zero-order valence-electron chi connectivity index (χ0n) is 11.7. The Bertz CT molecular complexity index is 758. The lowest BCUT2D eigenvalue weighted by Gasteiger charge is -2.14. The summed E-state index contributed by atoms with van der Waals surface area (Å²) in [6.07, 6.45) is 2.31. The van der Waals surface area contributed by atoms with Crippen LogP contribution >= 0.6 is 0 Å². The molecule has 0 aliphatic rings. The third-order valence-corrected chi connectivity index (χ3v) is 6.15. The van der Waals surface area contributed by atoms with E-state index in [1.807, 2.05) is 0 Å². The van der Waals surface area contributed by atoms with Crippen molar-refractivity contribution in [1.82, 2.24) is 4.72 Å². The van der Waals surface area contributed by atoms with Crippen LogP contribution in [0.25, 0.3) is 0 Å². The van der Waals surface area contributed by atoms with Crippen molar-refractivity contribution in [3.05, 3.63) is 24.0 Å². The first-order chi connectivity index (χ1) is 9.43. The second-order valence-corrected chi connectivity index (χ2v) is 9.80. The molecule has 0 saturated carbocycles. The summed E-state index contributed by atoms with van der Waals surface area (Å²) in [5, 5.41) is 0. The van der Waals surface area contributed by atoms with Crippen LogP contribution in [0.5, 0.6) is 0 Å². The smallest absolute Gasteiger partial charge is 0.243 e. The zero-order valence-corrected chi connectivity index (χ0v) is 14.1. The molecule has 6 nitrogen and oxygen atoms in total. The Labute approximate surface area is 126 Å². The molecule has 1 rings (SSSR count). The van der Waals surface area contributed by atoms with Crippen LogP contribution in [0, 0.1) is 5.82 Å². The Balaban J connectivity index is 3.22. The highest BCUT2D eigenvalue weighted by Crippen LogP contribution is 2.19. The Morgan fingerprint density at radius 2 is 1.86 bits per heavy atom. The molecule has 120 valence electrons. The minimum absolute atomic E-state index is 0.0621. The van der Waals surface area contributed by atoms with E-state index in [1.165, 1.54) is 13.2 Å². The van der Waals surface area contributed by atoms with Crippen molar-refractivity contribution in [2.75, 3.05) is 18.3 Å². The van der Waals surface area contributed by atoms with Gasteiger partial charge in [-0.1, -0.05) is 0 Å². The van der Waals surface area contributed by atoms with Gasteiger partial charge in [-0.05, 0) is 25.1 Å². The minimum Gasteiger partial charge on any atom is -0.260 e. The highest BCUT2D eigenvalue weighted by molar-refractivity contribution is 7.91. The Kier molecular flexibility index (Phi) is 5.64. The van der Waals surface area contributed by atoms with Gasteiger partial charge >= 0.3 is 0 Å². The van der Waals surface area contributed by atoms with E-state index in [4.69, 9.17) is 0 Å². The molecule has 1 N–H and O–H groups in total. The Morgan fingerprint density at radius 1 is 1.29 bits per heavy atom. The molecule has 0 radical (unpaired) electrons. The third-order valence-electron chi connectivity index (χ3n) is 2.46. The zero-order chi connectivity index (χ0) is 16.4. The first kappa shape index (κ1) is 18.2. The molecule has 0 fully saturated rings. The van der Waals surface area contributed by atoms with Crippen molar-refractivity contribution >= 4 is 30.7 Å². The van der Waals surface area contributed by atoms with Gasteiger partial charge in [0.25, 0.3) is 0 Å². The minimum atomic E-state index is -4.24. The SMILES string of the molecule is CC(CS(C)=O)NS(=O)(=O)c1cc(S(C)(=O)=O)ccc1F. The Hall–Kier alpha value is -0.840. The van der Waals surface area contributed by atoms with Crippen molar-refractivity contribution in [2.24, 2.45) is 0 Å². The molecule has 21 heavy (non-hydrogen) atoms. The van der Waals surface area contributed by atoms with Crippen LogP contribution in [0.1, 0.15) is 6.92 Å². The fourth-order valence-electron chi connectivity index (χ4n) is 1.63. The van der Waals surface area contributed by atoms with Gasteiger partial charge in [0.1, 0.15) is 10.7 Å². The molecule has 0 amide bonds. The summed E-state index contributed by atoms with van der Waals surface area (Å²) in [4.78, 5) is -1.05. The average Bonchev–Trinajstić information content (AvgIpc) is 2.25. The van der Waals surface area contributed by atoms with Crippen LogP contribution in [-0.4, -0.2) is 45.4 Å². The van der Waals surface area contributed by atoms with Crippen LogP contribution in [0.2, 0.25) is 0 Å². The van der Waals surface area contributed by atoms with Gasteiger partial charge in [-0.25, -0.2) is 25.9 Å². The fraction of sp³-hybridized carbons (Fsp3) is 0.455. The molecule has 10 heteroatoms. The topological polar surface area (TPSA) is 97.4 Å². The summed E-state index contributed by atoms with van der Waals surface area (Å²) >= 11 is 0. The molecule has 1 aromatic rings. The van der Waals surface area contributed by atoms with E-state index in [2.05, 4.69) is 4.72 Å².